The van der Waals surface area contributed by atoms with Gasteiger partial charge in [0.05, 0.1) is 16.6 Å². The van der Waals surface area contributed by atoms with Gasteiger partial charge in [0.2, 0.25) is 5.91 Å². The van der Waals surface area contributed by atoms with Crippen LogP contribution in [0.2, 0.25) is 5.02 Å². The van der Waals surface area contributed by atoms with Gasteiger partial charge >= 0.3 is 5.97 Å². The van der Waals surface area contributed by atoms with Crippen LogP contribution in [-0.2, 0) is 14.4 Å². The lowest BCUT2D eigenvalue weighted by molar-refractivity contribution is -0.141. The number of halogens is 1. The van der Waals surface area contributed by atoms with Crippen molar-refractivity contribution in [2.45, 2.75) is 6.42 Å². The number of amides is 2. The second-order valence-electron chi connectivity index (χ2n) is 6.05. The summed E-state index contributed by atoms with van der Waals surface area (Å²) >= 11 is 5.98. The Bertz CT molecular complexity index is 869. The Morgan fingerprint density at radius 3 is 2.52 bits per heavy atom. The first-order valence-corrected chi connectivity index (χ1v) is 8.62. The highest BCUT2D eigenvalue weighted by Gasteiger charge is 2.34. The van der Waals surface area contributed by atoms with Crippen LogP contribution in [0.4, 0.5) is 11.4 Å². The Labute approximate surface area is 160 Å². The van der Waals surface area contributed by atoms with E-state index in [0.29, 0.717) is 22.1 Å². The number of benzene rings is 2. The number of carboxylic acid groups (broad SMARTS) is 1. The molecular weight excluding hydrogens is 372 g/mol. The molecule has 0 aliphatic carbocycles. The molecule has 7 nitrogen and oxygen atoms in total. The van der Waals surface area contributed by atoms with Gasteiger partial charge in [0, 0.05) is 18.7 Å². The summed E-state index contributed by atoms with van der Waals surface area (Å²) in [6, 6.07) is 13.4. The van der Waals surface area contributed by atoms with Crippen molar-refractivity contribution in [3.63, 3.8) is 0 Å². The van der Waals surface area contributed by atoms with Gasteiger partial charge in [-0.25, -0.2) is 0 Å². The maximum absolute atomic E-state index is 12.0. The van der Waals surface area contributed by atoms with E-state index in [9.17, 15) is 14.4 Å². The number of rotatable bonds is 6. The average molecular weight is 389 g/mol. The highest BCUT2D eigenvalue weighted by Crippen LogP contribution is 2.27. The largest absolute Gasteiger partial charge is 0.484 e. The van der Waals surface area contributed by atoms with E-state index in [2.05, 4.69) is 5.32 Å². The van der Waals surface area contributed by atoms with Crippen LogP contribution >= 0.6 is 11.6 Å². The molecule has 1 unspecified atom stereocenters. The lowest BCUT2D eigenvalue weighted by Gasteiger charge is -2.16. The summed E-state index contributed by atoms with van der Waals surface area (Å²) in [5.74, 6) is -1.80. The summed E-state index contributed by atoms with van der Waals surface area (Å²) in [6.45, 7) is -0.0527. The van der Waals surface area contributed by atoms with Crippen LogP contribution in [0.25, 0.3) is 0 Å². The third kappa shape index (κ3) is 4.57. The van der Waals surface area contributed by atoms with E-state index in [1.54, 1.807) is 48.5 Å². The van der Waals surface area contributed by atoms with Crippen LogP contribution in [0, 0.1) is 5.92 Å². The molecule has 2 aromatic rings. The van der Waals surface area contributed by atoms with E-state index in [1.165, 1.54) is 4.90 Å². The minimum absolute atomic E-state index is 0.00417. The number of hydrogen-bond donors (Lipinski definition) is 2. The first-order valence-electron chi connectivity index (χ1n) is 8.24. The molecule has 0 radical (unpaired) electrons. The van der Waals surface area contributed by atoms with E-state index in [4.69, 9.17) is 21.4 Å². The molecule has 0 saturated carbocycles. The van der Waals surface area contributed by atoms with Crippen molar-refractivity contribution in [3.8, 4) is 5.75 Å². The van der Waals surface area contributed by atoms with Crippen LogP contribution in [-0.4, -0.2) is 36.0 Å². The lowest BCUT2D eigenvalue weighted by atomic mass is 10.1. The molecule has 2 aromatic carbocycles. The van der Waals surface area contributed by atoms with Crippen molar-refractivity contribution in [1.82, 2.24) is 0 Å². The third-order valence-electron chi connectivity index (χ3n) is 4.14. The standard InChI is InChI=1S/C19H17ClN2O5/c20-15-3-1-2-4-16(15)21-17(23)11-27-14-7-5-13(6-8-14)22-10-12(19(25)26)9-18(22)24/h1-8,12H,9-11H2,(H,21,23)(H,25,26). The molecule has 0 aromatic heterocycles. The van der Waals surface area contributed by atoms with Crippen LogP contribution in [0.3, 0.4) is 0 Å². The predicted octanol–water partition coefficient (Wildman–Crippen LogP) is 2.80. The summed E-state index contributed by atoms with van der Waals surface area (Å²) in [7, 11) is 0. The second kappa shape index (κ2) is 8.09. The quantitative estimate of drug-likeness (QED) is 0.793. The number of carbonyl (C=O) groups is 3. The molecule has 3 rings (SSSR count). The highest BCUT2D eigenvalue weighted by molar-refractivity contribution is 6.33. The van der Waals surface area contributed by atoms with Crippen LogP contribution in [0.15, 0.2) is 48.5 Å². The monoisotopic (exact) mass is 388 g/mol. The fraction of sp³-hybridized carbons (Fsp3) is 0.211. The SMILES string of the molecule is O=C(COc1ccc(N2CC(C(=O)O)CC2=O)cc1)Nc1ccccc1Cl. The zero-order valence-electron chi connectivity index (χ0n) is 14.2. The molecule has 0 bridgehead atoms. The molecule has 27 heavy (non-hydrogen) atoms. The van der Waals surface area contributed by atoms with Gasteiger partial charge in [0.25, 0.3) is 5.91 Å². The normalized spacial score (nSPS) is 16.3. The Kier molecular flexibility index (Phi) is 5.61. The smallest absolute Gasteiger partial charge is 0.308 e. The predicted molar refractivity (Wildman–Crippen MR) is 100 cm³/mol. The number of carbonyl (C=O) groups excluding carboxylic acids is 2. The summed E-state index contributed by atoms with van der Waals surface area (Å²) in [4.78, 5) is 36.4. The maximum atomic E-state index is 12.0. The van der Waals surface area contributed by atoms with Crippen molar-refractivity contribution in [2.75, 3.05) is 23.4 Å². The van der Waals surface area contributed by atoms with E-state index in [0.717, 1.165) is 0 Å². The minimum Gasteiger partial charge on any atom is -0.484 e. The zero-order valence-corrected chi connectivity index (χ0v) is 15.0. The van der Waals surface area contributed by atoms with Crippen molar-refractivity contribution in [2.24, 2.45) is 5.92 Å². The van der Waals surface area contributed by atoms with E-state index in [-0.39, 0.29) is 31.4 Å². The van der Waals surface area contributed by atoms with Crippen molar-refractivity contribution in [3.05, 3.63) is 53.6 Å². The summed E-state index contributed by atoms with van der Waals surface area (Å²) < 4.78 is 5.43. The number of anilines is 2. The van der Waals surface area contributed by atoms with E-state index in [1.807, 2.05) is 0 Å². The molecule has 140 valence electrons. The van der Waals surface area contributed by atoms with Crippen molar-refractivity contribution < 1.29 is 24.2 Å². The van der Waals surface area contributed by atoms with Gasteiger partial charge in [0.1, 0.15) is 5.75 Å². The number of nitrogens with one attached hydrogen (secondary N) is 1. The van der Waals surface area contributed by atoms with Gasteiger partial charge in [-0.2, -0.15) is 0 Å². The molecule has 0 spiro atoms. The highest BCUT2D eigenvalue weighted by atomic mass is 35.5. The molecule has 2 N–H and O–H groups in total. The van der Waals surface area contributed by atoms with Crippen LogP contribution < -0.4 is 15.0 Å². The number of ether oxygens (including phenoxy) is 1. The Morgan fingerprint density at radius 2 is 1.89 bits per heavy atom. The molecule has 1 heterocycles. The average Bonchev–Trinajstić information content (AvgIpc) is 3.04. The topological polar surface area (TPSA) is 95.9 Å². The Balaban J connectivity index is 1.55. The molecule has 2 amide bonds. The summed E-state index contributed by atoms with van der Waals surface area (Å²) in [5.41, 5.74) is 1.10. The first kappa shape index (κ1) is 18.7. The van der Waals surface area contributed by atoms with E-state index >= 15 is 0 Å². The molecule has 1 aliphatic heterocycles. The Morgan fingerprint density at radius 1 is 1.19 bits per heavy atom. The zero-order chi connectivity index (χ0) is 19.4. The fourth-order valence-electron chi connectivity index (χ4n) is 2.74. The number of aliphatic carboxylic acids is 1. The molecular formula is C19H17ClN2O5. The lowest BCUT2D eigenvalue weighted by Crippen LogP contribution is -2.25. The van der Waals surface area contributed by atoms with E-state index < -0.39 is 11.9 Å². The molecule has 8 heteroatoms. The second-order valence-corrected chi connectivity index (χ2v) is 6.46. The molecule has 1 fully saturated rings. The third-order valence-corrected chi connectivity index (χ3v) is 4.47. The van der Waals surface area contributed by atoms with Crippen molar-refractivity contribution >= 4 is 40.8 Å². The summed E-state index contributed by atoms with van der Waals surface area (Å²) in [6.07, 6.45) is -0.00417. The Hall–Kier alpha value is -3.06. The number of hydrogen-bond acceptors (Lipinski definition) is 4. The number of nitrogens with zero attached hydrogens (tertiary/aromatic N) is 1. The number of carboxylic acids is 1. The maximum Gasteiger partial charge on any atom is 0.308 e. The van der Waals surface area contributed by atoms with Gasteiger partial charge in [-0.1, -0.05) is 23.7 Å². The van der Waals surface area contributed by atoms with Gasteiger partial charge in [-0.05, 0) is 36.4 Å². The van der Waals surface area contributed by atoms with Gasteiger partial charge < -0.3 is 20.1 Å². The molecule has 1 saturated heterocycles. The number of para-hydroxylation sites is 1. The van der Waals surface area contributed by atoms with Gasteiger partial charge in [-0.3, -0.25) is 14.4 Å². The minimum atomic E-state index is -0.977. The summed E-state index contributed by atoms with van der Waals surface area (Å²) in [5, 5.41) is 12.1. The van der Waals surface area contributed by atoms with Crippen molar-refractivity contribution in [1.29, 1.82) is 0 Å². The fourth-order valence-corrected chi connectivity index (χ4v) is 2.93. The van der Waals surface area contributed by atoms with Gasteiger partial charge in [-0.15, -0.1) is 0 Å². The van der Waals surface area contributed by atoms with Crippen LogP contribution in [0.1, 0.15) is 6.42 Å². The molecule has 1 aliphatic rings. The molecule has 1 atom stereocenters. The van der Waals surface area contributed by atoms with Crippen LogP contribution in [0.5, 0.6) is 5.75 Å². The first-order chi connectivity index (χ1) is 12.9. The van der Waals surface area contributed by atoms with Gasteiger partial charge in [0.15, 0.2) is 6.61 Å².